The van der Waals surface area contributed by atoms with Gasteiger partial charge in [-0.15, -0.1) is 11.8 Å². The molecule has 0 aromatic heterocycles. The highest BCUT2D eigenvalue weighted by molar-refractivity contribution is 8.14. The molecular formula is C9H9Cl2NS. The summed E-state index contributed by atoms with van der Waals surface area (Å²) in [5, 5.41) is 9.21. The van der Waals surface area contributed by atoms with Crippen LogP contribution in [-0.2, 0) is 0 Å². The van der Waals surface area contributed by atoms with Crippen molar-refractivity contribution in [3.63, 3.8) is 0 Å². The van der Waals surface area contributed by atoms with E-state index in [0.717, 1.165) is 5.75 Å². The minimum Gasteiger partial charge on any atom is -0.293 e. The maximum Gasteiger partial charge on any atom is 0.0972 e. The second-order valence-corrected chi connectivity index (χ2v) is 4.45. The SMILES string of the molecule is CCSC(=N)c1c(Cl)cccc1Cl. The number of rotatable bonds is 2. The summed E-state index contributed by atoms with van der Waals surface area (Å²) in [4.78, 5) is 0. The predicted octanol–water partition coefficient (Wildman–Crippen LogP) is 4.07. The van der Waals surface area contributed by atoms with E-state index in [0.29, 0.717) is 20.7 Å². The van der Waals surface area contributed by atoms with E-state index in [4.69, 9.17) is 28.6 Å². The molecule has 0 amide bonds. The van der Waals surface area contributed by atoms with Crippen LogP contribution in [0.4, 0.5) is 0 Å². The van der Waals surface area contributed by atoms with Crippen molar-refractivity contribution in [3.8, 4) is 0 Å². The van der Waals surface area contributed by atoms with E-state index in [9.17, 15) is 0 Å². The van der Waals surface area contributed by atoms with Gasteiger partial charge in [0.15, 0.2) is 0 Å². The standard InChI is InChI=1S/C9H9Cl2NS/c1-2-13-9(12)8-6(10)4-3-5-7(8)11/h3-5,12H,2H2,1H3. The number of hydrogen-bond donors (Lipinski definition) is 1. The zero-order chi connectivity index (χ0) is 9.84. The van der Waals surface area contributed by atoms with Crippen LogP contribution in [0.3, 0.4) is 0 Å². The lowest BCUT2D eigenvalue weighted by molar-refractivity contribution is 1.50. The Labute approximate surface area is 91.9 Å². The van der Waals surface area contributed by atoms with Crippen LogP contribution in [0.5, 0.6) is 0 Å². The maximum atomic E-state index is 7.71. The van der Waals surface area contributed by atoms with Crippen molar-refractivity contribution in [2.24, 2.45) is 0 Å². The van der Waals surface area contributed by atoms with E-state index in [1.54, 1.807) is 18.2 Å². The fourth-order valence-corrected chi connectivity index (χ4v) is 2.28. The maximum absolute atomic E-state index is 7.71. The van der Waals surface area contributed by atoms with Crippen LogP contribution in [0.25, 0.3) is 0 Å². The van der Waals surface area contributed by atoms with Crippen molar-refractivity contribution in [2.45, 2.75) is 6.92 Å². The molecule has 0 aliphatic rings. The van der Waals surface area contributed by atoms with Crippen LogP contribution < -0.4 is 0 Å². The summed E-state index contributed by atoms with van der Waals surface area (Å²) in [6.45, 7) is 1.99. The molecule has 1 nitrogen and oxygen atoms in total. The smallest absolute Gasteiger partial charge is 0.0972 e. The second-order valence-electron chi connectivity index (χ2n) is 2.36. The topological polar surface area (TPSA) is 23.9 Å². The minimum atomic E-state index is 0.429. The van der Waals surface area contributed by atoms with Gasteiger partial charge in [-0.2, -0.15) is 0 Å². The molecule has 0 saturated heterocycles. The lowest BCUT2D eigenvalue weighted by atomic mass is 10.2. The van der Waals surface area contributed by atoms with Gasteiger partial charge in [0.05, 0.1) is 15.1 Å². The van der Waals surface area contributed by atoms with Crippen molar-refractivity contribution in [1.82, 2.24) is 0 Å². The zero-order valence-corrected chi connectivity index (χ0v) is 9.43. The van der Waals surface area contributed by atoms with Crippen LogP contribution in [0.2, 0.25) is 10.0 Å². The summed E-state index contributed by atoms with van der Waals surface area (Å²) < 4.78 is 0. The molecule has 0 saturated carbocycles. The monoisotopic (exact) mass is 233 g/mol. The van der Waals surface area contributed by atoms with E-state index < -0.39 is 0 Å². The van der Waals surface area contributed by atoms with Crippen molar-refractivity contribution in [3.05, 3.63) is 33.8 Å². The highest BCUT2D eigenvalue weighted by atomic mass is 35.5. The summed E-state index contributed by atoms with van der Waals surface area (Å²) in [5.74, 6) is 0.848. The van der Waals surface area contributed by atoms with Gasteiger partial charge in [-0.25, -0.2) is 0 Å². The van der Waals surface area contributed by atoms with E-state index in [1.807, 2.05) is 6.92 Å². The van der Waals surface area contributed by atoms with Crippen LogP contribution in [0.1, 0.15) is 12.5 Å². The second kappa shape index (κ2) is 4.89. The lowest BCUT2D eigenvalue weighted by Crippen LogP contribution is -1.96. The van der Waals surface area contributed by atoms with Crippen LogP contribution >= 0.6 is 35.0 Å². The number of benzene rings is 1. The van der Waals surface area contributed by atoms with Gasteiger partial charge in [-0.1, -0.05) is 36.2 Å². The average molecular weight is 234 g/mol. The number of halogens is 2. The highest BCUT2D eigenvalue weighted by Gasteiger charge is 2.10. The summed E-state index contributed by atoms with van der Waals surface area (Å²) in [6.07, 6.45) is 0. The van der Waals surface area contributed by atoms with Crippen molar-refractivity contribution >= 4 is 40.0 Å². The molecule has 0 spiro atoms. The summed E-state index contributed by atoms with van der Waals surface area (Å²) >= 11 is 13.3. The first-order chi connectivity index (χ1) is 6.16. The molecule has 4 heteroatoms. The summed E-state index contributed by atoms with van der Waals surface area (Å²) in [7, 11) is 0. The van der Waals surface area contributed by atoms with Crippen LogP contribution in [-0.4, -0.2) is 10.8 Å². The third-order valence-corrected chi connectivity index (χ3v) is 2.89. The molecule has 70 valence electrons. The first-order valence-electron chi connectivity index (χ1n) is 3.82. The van der Waals surface area contributed by atoms with Crippen molar-refractivity contribution in [1.29, 1.82) is 5.41 Å². The van der Waals surface area contributed by atoms with Gasteiger partial charge in [0.1, 0.15) is 0 Å². The molecule has 0 bridgehead atoms. The predicted molar refractivity (Wildman–Crippen MR) is 61.4 cm³/mol. The first-order valence-corrected chi connectivity index (χ1v) is 5.56. The molecule has 1 rings (SSSR count). The summed E-state index contributed by atoms with van der Waals surface area (Å²) in [6, 6.07) is 5.26. The Morgan fingerprint density at radius 2 is 1.92 bits per heavy atom. The third-order valence-electron chi connectivity index (χ3n) is 1.48. The number of thioether (sulfide) groups is 1. The Morgan fingerprint density at radius 3 is 2.38 bits per heavy atom. The largest absolute Gasteiger partial charge is 0.293 e. The molecular weight excluding hydrogens is 225 g/mol. The molecule has 0 aliphatic heterocycles. The Kier molecular flexibility index (Phi) is 4.10. The van der Waals surface area contributed by atoms with Gasteiger partial charge < -0.3 is 0 Å². The van der Waals surface area contributed by atoms with Gasteiger partial charge >= 0.3 is 0 Å². The fourth-order valence-electron chi connectivity index (χ4n) is 0.931. The van der Waals surface area contributed by atoms with Crippen molar-refractivity contribution in [2.75, 3.05) is 5.75 Å². The molecule has 1 N–H and O–H groups in total. The quantitative estimate of drug-likeness (QED) is 0.605. The number of nitrogens with one attached hydrogen (secondary N) is 1. The van der Waals surface area contributed by atoms with Gasteiger partial charge in [-0.3, -0.25) is 5.41 Å². The van der Waals surface area contributed by atoms with E-state index in [2.05, 4.69) is 0 Å². The van der Waals surface area contributed by atoms with E-state index >= 15 is 0 Å². The fraction of sp³-hybridized carbons (Fsp3) is 0.222. The molecule has 0 radical (unpaired) electrons. The van der Waals surface area contributed by atoms with E-state index in [-0.39, 0.29) is 0 Å². The zero-order valence-electron chi connectivity index (χ0n) is 7.10. The molecule has 0 atom stereocenters. The lowest BCUT2D eigenvalue weighted by Gasteiger charge is -2.06. The molecule has 1 aromatic carbocycles. The first kappa shape index (κ1) is 10.9. The highest BCUT2D eigenvalue weighted by Crippen LogP contribution is 2.27. The van der Waals surface area contributed by atoms with Gasteiger partial charge in [-0.05, 0) is 17.9 Å². The summed E-state index contributed by atoms with van der Waals surface area (Å²) in [5.41, 5.74) is 0.637. The Balaban J connectivity index is 3.05. The van der Waals surface area contributed by atoms with Crippen molar-refractivity contribution < 1.29 is 0 Å². The van der Waals surface area contributed by atoms with Crippen LogP contribution in [0.15, 0.2) is 18.2 Å². The molecule has 13 heavy (non-hydrogen) atoms. The Morgan fingerprint density at radius 1 is 1.38 bits per heavy atom. The Hall–Kier alpha value is -0.180. The van der Waals surface area contributed by atoms with Gasteiger partial charge in [0, 0.05) is 5.56 Å². The van der Waals surface area contributed by atoms with Gasteiger partial charge in [0.2, 0.25) is 0 Å². The molecule has 0 unspecified atom stereocenters. The van der Waals surface area contributed by atoms with Gasteiger partial charge in [0.25, 0.3) is 0 Å². The molecule has 0 heterocycles. The average Bonchev–Trinajstić information content (AvgIpc) is 2.04. The third kappa shape index (κ3) is 2.63. The minimum absolute atomic E-state index is 0.429. The normalized spacial score (nSPS) is 10.1. The molecule has 0 fully saturated rings. The van der Waals surface area contributed by atoms with Crippen LogP contribution in [0, 0.1) is 5.41 Å². The van der Waals surface area contributed by atoms with E-state index in [1.165, 1.54) is 11.8 Å². The Bertz CT molecular complexity index is 305. The molecule has 0 aliphatic carbocycles. The molecule has 1 aromatic rings. The number of hydrogen-bond acceptors (Lipinski definition) is 2.